The van der Waals surface area contributed by atoms with Crippen molar-refractivity contribution in [3.63, 3.8) is 0 Å². The average Bonchev–Trinajstić information content (AvgIpc) is 2.39. The number of morpholine rings is 1. The first-order valence-corrected chi connectivity index (χ1v) is 7.25. The van der Waals surface area contributed by atoms with Crippen LogP contribution in [-0.4, -0.2) is 49.3 Å². The summed E-state index contributed by atoms with van der Waals surface area (Å²) in [5, 5.41) is 7.15. The average molecular weight is 251 g/mol. The van der Waals surface area contributed by atoms with E-state index < -0.39 is 0 Å². The number of ether oxygens (including phenoxy) is 1. The van der Waals surface area contributed by atoms with Crippen LogP contribution < -0.4 is 0 Å². The van der Waals surface area contributed by atoms with Crippen molar-refractivity contribution in [1.29, 1.82) is 5.41 Å². The first-order chi connectivity index (χ1) is 8.79. The third kappa shape index (κ3) is 3.91. The number of nitrogens with one attached hydrogen (secondary N) is 1. The molecule has 2 rings (SSSR count). The van der Waals surface area contributed by atoms with Crippen LogP contribution in [0, 0.1) is 11.3 Å². The Bertz CT molecular complexity index is 295. The highest BCUT2D eigenvalue weighted by Gasteiger charge is 2.27. The lowest BCUT2D eigenvalue weighted by molar-refractivity contribution is -0.0220. The minimum Gasteiger partial charge on any atom is -0.376 e. The molecule has 0 amide bonds. The van der Waals surface area contributed by atoms with Gasteiger partial charge in [-0.2, -0.15) is 0 Å². The zero-order chi connectivity index (χ0) is 12.8. The Morgan fingerprint density at radius 2 is 2.17 bits per heavy atom. The highest BCUT2D eigenvalue weighted by Crippen LogP contribution is 2.28. The summed E-state index contributed by atoms with van der Waals surface area (Å²) in [4.78, 5) is 6.74. The summed E-state index contributed by atoms with van der Waals surface area (Å²) in [5.41, 5.74) is 0. The van der Waals surface area contributed by atoms with E-state index in [0.717, 1.165) is 26.2 Å². The van der Waals surface area contributed by atoms with Crippen LogP contribution in [0.5, 0.6) is 0 Å². The van der Waals surface area contributed by atoms with Crippen LogP contribution >= 0.6 is 0 Å². The van der Waals surface area contributed by atoms with Crippen molar-refractivity contribution >= 4 is 6.01 Å². The van der Waals surface area contributed by atoms with Crippen LogP contribution in [0.15, 0.2) is 4.99 Å². The van der Waals surface area contributed by atoms with Crippen molar-refractivity contribution in [1.82, 2.24) is 4.90 Å². The molecule has 2 aliphatic rings. The fraction of sp³-hybridized carbons (Fsp3) is 0.929. The molecule has 2 fully saturated rings. The predicted octanol–water partition coefficient (Wildman–Crippen LogP) is 2.41. The molecule has 1 aliphatic heterocycles. The summed E-state index contributed by atoms with van der Waals surface area (Å²) in [6, 6.07) is 2.55. The SMILES string of the molecule is CC1CN(CC(N=C=N)C2CCCCC2)CCO1. The van der Waals surface area contributed by atoms with Crippen molar-refractivity contribution in [3.05, 3.63) is 0 Å². The molecule has 0 bridgehead atoms. The van der Waals surface area contributed by atoms with Crippen molar-refractivity contribution in [2.45, 2.75) is 51.2 Å². The lowest BCUT2D eigenvalue weighted by Gasteiger charge is -2.35. The Morgan fingerprint density at radius 1 is 1.39 bits per heavy atom. The van der Waals surface area contributed by atoms with E-state index in [2.05, 4.69) is 22.8 Å². The molecular weight excluding hydrogens is 226 g/mol. The molecule has 1 N–H and O–H groups in total. The standard InChI is InChI=1S/C14H25N3O/c1-12-9-17(7-8-18-12)10-14(16-11-15)13-5-3-2-4-6-13/h12-15H,2-10H2,1H3. The van der Waals surface area contributed by atoms with E-state index in [9.17, 15) is 0 Å². The third-order valence-electron chi connectivity index (χ3n) is 4.19. The van der Waals surface area contributed by atoms with E-state index in [1.807, 2.05) is 0 Å². The second-order valence-electron chi connectivity index (χ2n) is 5.65. The van der Waals surface area contributed by atoms with Crippen LogP contribution in [0.2, 0.25) is 0 Å². The van der Waals surface area contributed by atoms with Crippen molar-refractivity contribution in [3.8, 4) is 0 Å². The molecule has 0 aromatic heterocycles. The molecule has 2 atom stereocenters. The Kier molecular flexibility index (Phi) is 5.36. The zero-order valence-electron chi connectivity index (χ0n) is 11.4. The molecule has 2 unspecified atom stereocenters. The van der Waals surface area contributed by atoms with Gasteiger partial charge in [-0.1, -0.05) is 19.3 Å². The molecule has 0 radical (unpaired) electrons. The maximum absolute atomic E-state index is 7.15. The van der Waals surface area contributed by atoms with Gasteiger partial charge in [-0.25, -0.2) is 10.4 Å². The Balaban J connectivity index is 1.90. The van der Waals surface area contributed by atoms with Gasteiger partial charge in [0.05, 0.1) is 24.8 Å². The van der Waals surface area contributed by atoms with Crippen LogP contribution in [0.3, 0.4) is 0 Å². The highest BCUT2D eigenvalue weighted by molar-refractivity contribution is 5.36. The second kappa shape index (κ2) is 7.03. The monoisotopic (exact) mass is 251 g/mol. The van der Waals surface area contributed by atoms with Crippen LogP contribution in [0.1, 0.15) is 39.0 Å². The Morgan fingerprint density at radius 3 is 2.83 bits per heavy atom. The van der Waals surface area contributed by atoms with Crippen LogP contribution in [0.25, 0.3) is 0 Å². The normalized spacial score (nSPS) is 28.6. The molecule has 0 spiro atoms. The van der Waals surface area contributed by atoms with Gasteiger partial charge in [0.1, 0.15) is 0 Å². The van der Waals surface area contributed by atoms with Gasteiger partial charge >= 0.3 is 0 Å². The van der Waals surface area contributed by atoms with Gasteiger partial charge in [0.15, 0.2) is 0 Å². The molecule has 0 aromatic carbocycles. The molecule has 1 aliphatic carbocycles. The van der Waals surface area contributed by atoms with Gasteiger partial charge in [0.2, 0.25) is 0 Å². The fourth-order valence-electron chi connectivity index (χ4n) is 3.22. The predicted molar refractivity (Wildman–Crippen MR) is 72.4 cm³/mol. The smallest absolute Gasteiger partial charge is 0.0865 e. The molecular formula is C14H25N3O. The van der Waals surface area contributed by atoms with Gasteiger partial charge in [0, 0.05) is 19.6 Å². The summed E-state index contributed by atoms with van der Waals surface area (Å²) in [6.45, 7) is 5.93. The fourth-order valence-corrected chi connectivity index (χ4v) is 3.22. The maximum Gasteiger partial charge on any atom is 0.0865 e. The largest absolute Gasteiger partial charge is 0.376 e. The lowest BCUT2D eigenvalue weighted by Crippen LogP contribution is -2.45. The van der Waals surface area contributed by atoms with E-state index in [1.54, 1.807) is 0 Å². The number of aliphatic imine (C=N–C) groups is 1. The molecule has 1 heterocycles. The van der Waals surface area contributed by atoms with Crippen molar-refractivity contribution in [2.24, 2.45) is 10.9 Å². The van der Waals surface area contributed by atoms with E-state index in [-0.39, 0.29) is 6.04 Å². The summed E-state index contributed by atoms with van der Waals surface area (Å²) in [5.74, 6) is 0.662. The summed E-state index contributed by atoms with van der Waals surface area (Å²) in [7, 11) is 0. The highest BCUT2D eigenvalue weighted by atomic mass is 16.5. The summed E-state index contributed by atoms with van der Waals surface area (Å²) < 4.78 is 5.57. The molecule has 0 aromatic rings. The van der Waals surface area contributed by atoms with Gasteiger partial charge in [-0.15, -0.1) is 0 Å². The first-order valence-electron chi connectivity index (χ1n) is 7.25. The van der Waals surface area contributed by atoms with Gasteiger partial charge in [-0.05, 0) is 25.7 Å². The molecule has 4 heteroatoms. The number of rotatable bonds is 4. The van der Waals surface area contributed by atoms with Gasteiger partial charge in [0.25, 0.3) is 0 Å². The molecule has 1 saturated carbocycles. The van der Waals surface area contributed by atoms with Crippen LogP contribution in [0.4, 0.5) is 0 Å². The zero-order valence-corrected chi connectivity index (χ0v) is 11.4. The quantitative estimate of drug-likeness (QED) is 0.780. The lowest BCUT2D eigenvalue weighted by atomic mass is 9.84. The third-order valence-corrected chi connectivity index (χ3v) is 4.19. The van der Waals surface area contributed by atoms with E-state index in [0.29, 0.717) is 12.0 Å². The van der Waals surface area contributed by atoms with Gasteiger partial charge < -0.3 is 4.74 Å². The summed E-state index contributed by atoms with van der Waals surface area (Å²) in [6.07, 6.45) is 6.90. The number of nitrogens with zero attached hydrogens (tertiary/aromatic N) is 2. The molecule has 18 heavy (non-hydrogen) atoms. The minimum absolute atomic E-state index is 0.271. The number of hydrogen-bond acceptors (Lipinski definition) is 4. The van der Waals surface area contributed by atoms with E-state index >= 15 is 0 Å². The first kappa shape index (κ1) is 13.7. The topological polar surface area (TPSA) is 48.7 Å². The van der Waals surface area contributed by atoms with Crippen molar-refractivity contribution < 1.29 is 4.74 Å². The van der Waals surface area contributed by atoms with Crippen LogP contribution in [-0.2, 0) is 4.74 Å². The molecule has 102 valence electrons. The minimum atomic E-state index is 0.271. The van der Waals surface area contributed by atoms with E-state index in [1.165, 1.54) is 32.1 Å². The molecule has 1 saturated heterocycles. The summed E-state index contributed by atoms with van der Waals surface area (Å²) >= 11 is 0. The molecule has 4 nitrogen and oxygen atoms in total. The Labute approximate surface area is 110 Å². The van der Waals surface area contributed by atoms with Gasteiger partial charge in [-0.3, -0.25) is 4.90 Å². The second-order valence-corrected chi connectivity index (χ2v) is 5.65. The number of hydrogen-bond donors (Lipinski definition) is 1. The Hall–Kier alpha value is -0.700. The maximum atomic E-state index is 7.15. The van der Waals surface area contributed by atoms with E-state index in [4.69, 9.17) is 10.1 Å². The van der Waals surface area contributed by atoms with Crippen molar-refractivity contribution in [2.75, 3.05) is 26.2 Å².